The van der Waals surface area contributed by atoms with Crippen molar-refractivity contribution in [1.29, 1.82) is 0 Å². The minimum atomic E-state index is -1.14. The van der Waals surface area contributed by atoms with Gasteiger partial charge in [-0.3, -0.25) is 4.79 Å². The molecule has 1 rings (SSSR count). The lowest BCUT2D eigenvalue weighted by molar-refractivity contribution is -0.220. The predicted molar refractivity (Wildman–Crippen MR) is 59.9 cm³/mol. The fourth-order valence-electron chi connectivity index (χ4n) is 1.91. The molecule has 4 heteroatoms. The molecule has 1 aliphatic carbocycles. The number of rotatable bonds is 6. The van der Waals surface area contributed by atoms with Crippen molar-refractivity contribution in [3.8, 4) is 0 Å². The van der Waals surface area contributed by atoms with E-state index in [1.54, 1.807) is 6.92 Å². The largest absolute Gasteiger partial charge is 0.498 e. The van der Waals surface area contributed by atoms with Crippen molar-refractivity contribution in [3.05, 3.63) is 11.3 Å². The molecule has 0 aromatic rings. The molecule has 0 radical (unpaired) electrons. The molecule has 0 aromatic heterocycles. The first-order valence-electron chi connectivity index (χ1n) is 5.76. The number of Topliss-reactive ketones (excluding diaryl/α,β-unsaturated/α-hetero) is 1. The monoisotopic (exact) mass is 228 g/mol. The number of ether oxygens (including phenoxy) is 3. The van der Waals surface area contributed by atoms with E-state index < -0.39 is 5.79 Å². The van der Waals surface area contributed by atoms with Gasteiger partial charge in [0.25, 0.3) is 0 Å². The van der Waals surface area contributed by atoms with Gasteiger partial charge in [0.2, 0.25) is 11.6 Å². The highest BCUT2D eigenvalue weighted by Gasteiger charge is 2.48. The van der Waals surface area contributed by atoms with E-state index in [0.717, 1.165) is 0 Å². The molecule has 0 saturated heterocycles. The van der Waals surface area contributed by atoms with Crippen LogP contribution in [0.1, 0.15) is 34.1 Å². The molecule has 0 aromatic carbocycles. The van der Waals surface area contributed by atoms with Crippen LogP contribution in [0.4, 0.5) is 0 Å². The lowest BCUT2D eigenvalue weighted by atomic mass is 10.1. The molecular formula is C12H20O4. The lowest BCUT2D eigenvalue weighted by Gasteiger charge is -2.27. The molecule has 1 aliphatic rings. The average Bonchev–Trinajstić information content (AvgIpc) is 2.46. The van der Waals surface area contributed by atoms with Gasteiger partial charge < -0.3 is 14.2 Å². The highest BCUT2D eigenvalue weighted by molar-refractivity contribution is 6.03. The predicted octanol–water partition coefficient (Wildman–Crippen LogP) is 2.04. The SMILES string of the molecule is CCOC1=C(C)C(=O)C(OCC)(OCC)C1. The van der Waals surface area contributed by atoms with Gasteiger partial charge in [0, 0.05) is 18.8 Å². The molecule has 0 N–H and O–H groups in total. The number of carbonyl (C=O) groups is 1. The quantitative estimate of drug-likeness (QED) is 0.653. The normalized spacial score (nSPS) is 19.4. The standard InChI is InChI=1S/C12H20O4/c1-5-14-10-8-12(15-6-2,16-7-3)11(13)9(10)4/h5-8H2,1-4H3. The summed E-state index contributed by atoms with van der Waals surface area (Å²) < 4.78 is 16.4. The van der Waals surface area contributed by atoms with E-state index >= 15 is 0 Å². The molecule has 0 bridgehead atoms. The van der Waals surface area contributed by atoms with E-state index in [4.69, 9.17) is 14.2 Å². The zero-order chi connectivity index (χ0) is 12.2. The average molecular weight is 228 g/mol. The fraction of sp³-hybridized carbons (Fsp3) is 0.750. The summed E-state index contributed by atoms with van der Waals surface area (Å²) in [4.78, 5) is 12.1. The summed E-state index contributed by atoms with van der Waals surface area (Å²) >= 11 is 0. The smallest absolute Gasteiger partial charge is 0.240 e. The van der Waals surface area contributed by atoms with Gasteiger partial charge >= 0.3 is 0 Å². The van der Waals surface area contributed by atoms with Crippen molar-refractivity contribution >= 4 is 5.78 Å². The van der Waals surface area contributed by atoms with Gasteiger partial charge in [0.05, 0.1) is 13.0 Å². The molecule has 0 heterocycles. The molecule has 0 spiro atoms. The second-order valence-corrected chi connectivity index (χ2v) is 3.61. The van der Waals surface area contributed by atoms with Crippen LogP contribution in [0.5, 0.6) is 0 Å². The van der Waals surface area contributed by atoms with E-state index in [9.17, 15) is 4.79 Å². The molecule has 92 valence electrons. The van der Waals surface area contributed by atoms with Crippen LogP contribution in [0.15, 0.2) is 11.3 Å². The Morgan fingerprint density at radius 3 is 2.12 bits per heavy atom. The Morgan fingerprint density at radius 2 is 1.69 bits per heavy atom. The molecule has 0 aliphatic heterocycles. The third kappa shape index (κ3) is 2.28. The Hall–Kier alpha value is -0.870. The van der Waals surface area contributed by atoms with Crippen molar-refractivity contribution in [3.63, 3.8) is 0 Å². The molecule has 0 unspecified atom stereocenters. The zero-order valence-electron chi connectivity index (χ0n) is 10.5. The van der Waals surface area contributed by atoms with Gasteiger partial charge in [0.1, 0.15) is 5.76 Å². The molecule has 0 atom stereocenters. The Kier molecular flexibility index (Phi) is 4.50. The summed E-state index contributed by atoms with van der Waals surface area (Å²) in [6.45, 7) is 8.79. The number of hydrogen-bond acceptors (Lipinski definition) is 4. The van der Waals surface area contributed by atoms with Crippen LogP contribution in [-0.4, -0.2) is 31.4 Å². The molecule has 0 fully saturated rings. The Labute approximate surface area is 96.6 Å². The zero-order valence-corrected chi connectivity index (χ0v) is 10.5. The van der Waals surface area contributed by atoms with E-state index in [2.05, 4.69) is 0 Å². The minimum Gasteiger partial charge on any atom is -0.498 e. The van der Waals surface area contributed by atoms with Crippen molar-refractivity contribution in [1.82, 2.24) is 0 Å². The summed E-state index contributed by atoms with van der Waals surface area (Å²) in [5, 5.41) is 0. The summed E-state index contributed by atoms with van der Waals surface area (Å²) in [6.07, 6.45) is 0.382. The van der Waals surface area contributed by atoms with Crippen LogP contribution in [0.3, 0.4) is 0 Å². The Balaban J connectivity index is 2.89. The number of hydrogen-bond donors (Lipinski definition) is 0. The Morgan fingerprint density at radius 1 is 1.12 bits per heavy atom. The minimum absolute atomic E-state index is 0.111. The number of ketones is 1. The van der Waals surface area contributed by atoms with Crippen molar-refractivity contribution < 1.29 is 19.0 Å². The first-order valence-corrected chi connectivity index (χ1v) is 5.76. The topological polar surface area (TPSA) is 44.8 Å². The first-order chi connectivity index (χ1) is 7.61. The lowest BCUT2D eigenvalue weighted by Crippen LogP contribution is -2.41. The summed E-state index contributed by atoms with van der Waals surface area (Å²) in [5.41, 5.74) is 0.615. The van der Waals surface area contributed by atoms with E-state index in [0.29, 0.717) is 37.6 Å². The third-order valence-electron chi connectivity index (χ3n) is 2.57. The fourth-order valence-corrected chi connectivity index (χ4v) is 1.91. The summed E-state index contributed by atoms with van der Waals surface area (Å²) in [7, 11) is 0. The van der Waals surface area contributed by atoms with Gasteiger partial charge in [-0.25, -0.2) is 0 Å². The van der Waals surface area contributed by atoms with Gasteiger partial charge in [-0.15, -0.1) is 0 Å². The molecular weight excluding hydrogens is 208 g/mol. The second-order valence-electron chi connectivity index (χ2n) is 3.61. The van der Waals surface area contributed by atoms with Crippen LogP contribution in [0, 0.1) is 0 Å². The van der Waals surface area contributed by atoms with Crippen LogP contribution >= 0.6 is 0 Å². The van der Waals surface area contributed by atoms with Gasteiger partial charge in [-0.2, -0.15) is 0 Å². The van der Waals surface area contributed by atoms with Crippen molar-refractivity contribution in [2.45, 2.75) is 39.9 Å². The summed E-state index contributed by atoms with van der Waals surface area (Å²) in [6, 6.07) is 0. The first kappa shape index (κ1) is 13.2. The maximum atomic E-state index is 12.1. The molecule has 0 saturated carbocycles. The van der Waals surface area contributed by atoms with Gasteiger partial charge in [-0.05, 0) is 27.7 Å². The van der Waals surface area contributed by atoms with Crippen molar-refractivity contribution in [2.24, 2.45) is 0 Å². The van der Waals surface area contributed by atoms with Crippen LogP contribution in [0.2, 0.25) is 0 Å². The highest BCUT2D eigenvalue weighted by atomic mass is 16.7. The van der Waals surface area contributed by atoms with Crippen LogP contribution in [0.25, 0.3) is 0 Å². The maximum absolute atomic E-state index is 12.1. The van der Waals surface area contributed by atoms with Crippen LogP contribution < -0.4 is 0 Å². The molecule has 0 amide bonds. The summed E-state index contributed by atoms with van der Waals surface area (Å²) in [5.74, 6) is -0.563. The van der Waals surface area contributed by atoms with Gasteiger partial charge in [0.15, 0.2) is 0 Å². The molecule has 4 nitrogen and oxygen atoms in total. The Bertz CT molecular complexity index is 287. The highest BCUT2D eigenvalue weighted by Crippen LogP contribution is 2.36. The maximum Gasteiger partial charge on any atom is 0.240 e. The van der Waals surface area contributed by atoms with E-state index in [1.165, 1.54) is 0 Å². The van der Waals surface area contributed by atoms with E-state index in [-0.39, 0.29) is 5.78 Å². The second kappa shape index (κ2) is 5.46. The third-order valence-corrected chi connectivity index (χ3v) is 2.57. The molecule has 16 heavy (non-hydrogen) atoms. The van der Waals surface area contributed by atoms with E-state index in [1.807, 2.05) is 20.8 Å². The van der Waals surface area contributed by atoms with Crippen LogP contribution in [-0.2, 0) is 19.0 Å². The van der Waals surface area contributed by atoms with Crippen molar-refractivity contribution in [2.75, 3.05) is 19.8 Å². The number of carbonyl (C=O) groups excluding carboxylic acids is 1. The van der Waals surface area contributed by atoms with Gasteiger partial charge in [-0.1, -0.05) is 0 Å².